The van der Waals surface area contributed by atoms with Crippen molar-refractivity contribution in [1.82, 2.24) is 9.32 Å². The Kier molecular flexibility index (Phi) is 2.66. The van der Waals surface area contributed by atoms with Crippen LogP contribution in [-0.4, -0.2) is 20.8 Å². The predicted molar refractivity (Wildman–Crippen MR) is 42.2 cm³/mol. The summed E-state index contributed by atoms with van der Waals surface area (Å²) >= 11 is 0. The lowest BCUT2D eigenvalue weighted by Gasteiger charge is -2.09. The monoisotopic (exact) mass is 186 g/mol. The zero-order valence-corrected chi connectivity index (χ0v) is 7.02. The van der Waals surface area contributed by atoms with E-state index >= 15 is 0 Å². The highest BCUT2D eigenvalue weighted by molar-refractivity contribution is 7.51. The molecule has 1 rings (SSSR count). The van der Waals surface area contributed by atoms with Gasteiger partial charge >= 0.3 is 7.75 Å². The van der Waals surface area contributed by atoms with E-state index in [0.717, 1.165) is 4.34 Å². The van der Waals surface area contributed by atoms with Crippen molar-refractivity contribution in [3.8, 4) is 12.3 Å². The van der Waals surface area contributed by atoms with Gasteiger partial charge in [-0.2, -0.15) is 0 Å². The van der Waals surface area contributed by atoms with Gasteiger partial charge in [0.25, 0.3) is 0 Å². The Morgan fingerprint density at radius 1 is 1.83 bits per heavy atom. The van der Waals surface area contributed by atoms with Crippen molar-refractivity contribution in [3.05, 3.63) is 18.7 Å². The van der Waals surface area contributed by atoms with Crippen molar-refractivity contribution in [2.75, 3.05) is 6.61 Å². The first kappa shape index (κ1) is 9.01. The number of hydrogen-bond donors (Lipinski definition) is 1. The average molecular weight is 186 g/mol. The van der Waals surface area contributed by atoms with Gasteiger partial charge in [-0.15, -0.1) is 6.42 Å². The van der Waals surface area contributed by atoms with E-state index in [-0.39, 0.29) is 6.61 Å². The predicted octanol–water partition coefficient (Wildman–Crippen LogP) is 0.481. The van der Waals surface area contributed by atoms with Gasteiger partial charge in [0.2, 0.25) is 0 Å². The molecule has 0 bridgehead atoms. The number of nitrogens with zero attached hydrogens (tertiary/aromatic N) is 2. The molecule has 0 aliphatic rings. The third-order valence-electron chi connectivity index (χ3n) is 1.10. The van der Waals surface area contributed by atoms with Crippen LogP contribution >= 0.6 is 7.75 Å². The van der Waals surface area contributed by atoms with Crippen molar-refractivity contribution >= 4 is 7.75 Å². The molecule has 12 heavy (non-hydrogen) atoms. The van der Waals surface area contributed by atoms with Crippen LogP contribution in [0.25, 0.3) is 0 Å². The molecule has 0 radical (unpaired) electrons. The number of imidazole rings is 1. The Labute approximate surface area is 69.6 Å². The second kappa shape index (κ2) is 3.55. The number of rotatable bonds is 3. The Balaban J connectivity index is 2.75. The molecule has 1 atom stereocenters. The van der Waals surface area contributed by atoms with Gasteiger partial charge < -0.3 is 4.89 Å². The van der Waals surface area contributed by atoms with Gasteiger partial charge in [0.15, 0.2) is 0 Å². The van der Waals surface area contributed by atoms with Crippen LogP contribution in [0.3, 0.4) is 0 Å². The van der Waals surface area contributed by atoms with Crippen LogP contribution in [0.1, 0.15) is 0 Å². The van der Waals surface area contributed by atoms with Gasteiger partial charge in [-0.25, -0.2) is 13.9 Å². The molecule has 1 unspecified atom stereocenters. The first-order valence-corrected chi connectivity index (χ1v) is 4.59. The minimum absolute atomic E-state index is 0.202. The first-order valence-electron chi connectivity index (χ1n) is 3.06. The Morgan fingerprint density at radius 2 is 2.58 bits per heavy atom. The van der Waals surface area contributed by atoms with Crippen LogP contribution in [-0.2, 0) is 9.09 Å². The number of aromatic nitrogens is 2. The highest BCUT2D eigenvalue weighted by Crippen LogP contribution is 2.42. The molecule has 0 spiro atoms. The molecule has 1 aromatic heterocycles. The van der Waals surface area contributed by atoms with Gasteiger partial charge in [-0.3, -0.25) is 4.52 Å². The normalized spacial score (nSPS) is 15.0. The molecule has 6 heteroatoms. The zero-order chi connectivity index (χ0) is 9.03. The van der Waals surface area contributed by atoms with Gasteiger partial charge in [0.05, 0.1) is 0 Å². The van der Waals surface area contributed by atoms with Crippen molar-refractivity contribution in [3.63, 3.8) is 0 Å². The zero-order valence-electron chi connectivity index (χ0n) is 6.12. The summed E-state index contributed by atoms with van der Waals surface area (Å²) in [6, 6.07) is 0. The summed E-state index contributed by atoms with van der Waals surface area (Å²) in [6.07, 6.45) is 8.76. The largest absolute Gasteiger partial charge is 0.438 e. The van der Waals surface area contributed by atoms with E-state index in [1.54, 1.807) is 0 Å². The van der Waals surface area contributed by atoms with Crippen molar-refractivity contribution in [2.24, 2.45) is 0 Å². The number of hydrogen-bond acceptors (Lipinski definition) is 3. The molecular formula is C6H7N2O3P. The van der Waals surface area contributed by atoms with Gasteiger partial charge in [-0.05, 0) is 0 Å². The molecule has 0 saturated carbocycles. The van der Waals surface area contributed by atoms with Gasteiger partial charge in [-0.1, -0.05) is 5.92 Å². The summed E-state index contributed by atoms with van der Waals surface area (Å²) in [5.41, 5.74) is 0. The lowest BCUT2D eigenvalue weighted by molar-refractivity contribution is 0.282. The standard InChI is InChI=1S/C6H7N2O3P/c1-2-5-11-12(9,10)8-4-3-7-6-8/h1,3-4,6H,5H2,(H,9,10). The van der Waals surface area contributed by atoms with E-state index < -0.39 is 7.75 Å². The highest BCUT2D eigenvalue weighted by atomic mass is 31.2. The number of terminal acetylenes is 1. The molecule has 0 aliphatic carbocycles. The van der Waals surface area contributed by atoms with Crippen molar-refractivity contribution in [1.29, 1.82) is 0 Å². The SMILES string of the molecule is C#CCOP(=O)(O)n1ccnc1. The summed E-state index contributed by atoms with van der Waals surface area (Å²) < 4.78 is 16.7. The summed E-state index contributed by atoms with van der Waals surface area (Å²) in [5, 5.41) is 0. The molecule has 0 saturated heterocycles. The van der Waals surface area contributed by atoms with Crippen LogP contribution < -0.4 is 0 Å². The van der Waals surface area contributed by atoms with E-state index in [2.05, 4.69) is 15.4 Å². The first-order chi connectivity index (χ1) is 5.67. The molecule has 1 aromatic rings. The highest BCUT2D eigenvalue weighted by Gasteiger charge is 2.20. The van der Waals surface area contributed by atoms with E-state index in [4.69, 9.17) is 11.3 Å². The fourth-order valence-corrected chi connectivity index (χ4v) is 1.38. The Morgan fingerprint density at radius 3 is 3.08 bits per heavy atom. The van der Waals surface area contributed by atoms with Crippen LogP contribution in [0.15, 0.2) is 18.7 Å². The fourth-order valence-electron chi connectivity index (χ4n) is 0.590. The van der Waals surface area contributed by atoms with E-state index in [0.29, 0.717) is 0 Å². The Hall–Kier alpha value is -1.08. The molecule has 0 amide bonds. The third-order valence-corrected chi connectivity index (χ3v) is 2.38. The molecule has 0 aliphatic heterocycles. The minimum atomic E-state index is -3.80. The van der Waals surface area contributed by atoms with E-state index in [1.807, 2.05) is 0 Å². The fraction of sp³-hybridized carbons (Fsp3) is 0.167. The second-order valence-electron chi connectivity index (χ2n) is 1.91. The Bertz CT molecular complexity index is 327. The molecular weight excluding hydrogens is 179 g/mol. The second-order valence-corrected chi connectivity index (χ2v) is 3.61. The van der Waals surface area contributed by atoms with Crippen LogP contribution in [0.5, 0.6) is 0 Å². The van der Waals surface area contributed by atoms with Crippen molar-refractivity contribution in [2.45, 2.75) is 0 Å². The lowest BCUT2D eigenvalue weighted by atomic mass is 10.8. The lowest BCUT2D eigenvalue weighted by Crippen LogP contribution is -1.98. The van der Waals surface area contributed by atoms with E-state index in [9.17, 15) is 4.57 Å². The smallest absolute Gasteiger partial charge is 0.308 e. The molecule has 5 nitrogen and oxygen atoms in total. The summed E-state index contributed by atoms with van der Waals surface area (Å²) in [7, 11) is -3.80. The third kappa shape index (κ3) is 1.95. The van der Waals surface area contributed by atoms with Crippen LogP contribution in [0, 0.1) is 12.3 Å². The minimum Gasteiger partial charge on any atom is -0.308 e. The van der Waals surface area contributed by atoms with Crippen LogP contribution in [0.2, 0.25) is 0 Å². The van der Waals surface area contributed by atoms with E-state index in [1.165, 1.54) is 18.7 Å². The molecule has 1 heterocycles. The summed E-state index contributed by atoms with van der Waals surface area (Å²) in [6.45, 7) is -0.202. The maximum atomic E-state index is 11.2. The molecule has 0 aromatic carbocycles. The van der Waals surface area contributed by atoms with Gasteiger partial charge in [0, 0.05) is 12.4 Å². The molecule has 0 fully saturated rings. The molecule has 1 N–H and O–H groups in total. The summed E-state index contributed by atoms with van der Waals surface area (Å²) in [4.78, 5) is 12.8. The van der Waals surface area contributed by atoms with Gasteiger partial charge in [0.1, 0.15) is 12.9 Å². The maximum Gasteiger partial charge on any atom is 0.438 e. The topological polar surface area (TPSA) is 64.3 Å². The summed E-state index contributed by atoms with van der Waals surface area (Å²) in [5.74, 6) is 2.10. The average Bonchev–Trinajstić information content (AvgIpc) is 2.53. The molecule has 64 valence electrons. The van der Waals surface area contributed by atoms with Crippen molar-refractivity contribution < 1.29 is 14.0 Å². The van der Waals surface area contributed by atoms with Crippen LogP contribution in [0.4, 0.5) is 0 Å². The quantitative estimate of drug-likeness (QED) is 0.550. The maximum absolute atomic E-state index is 11.2.